The first-order valence-corrected chi connectivity index (χ1v) is 8.09. The molecule has 1 amide bonds. The van der Waals surface area contributed by atoms with E-state index in [1.807, 2.05) is 44.3 Å². The molecule has 0 fully saturated rings. The van der Waals surface area contributed by atoms with Crippen molar-refractivity contribution in [1.82, 2.24) is 15.1 Å². The quantitative estimate of drug-likeness (QED) is 0.901. The van der Waals surface area contributed by atoms with Gasteiger partial charge in [-0.3, -0.25) is 9.48 Å². The maximum Gasteiger partial charge on any atom is 0.267 e. The Morgan fingerprint density at radius 2 is 2.20 bits per heavy atom. The topological polar surface area (TPSA) is 77.7 Å². The minimum Gasteiger partial charge on any atom is -0.496 e. The molecule has 132 valence electrons. The Kier molecular flexibility index (Phi) is 4.48. The fourth-order valence-electron chi connectivity index (χ4n) is 2.88. The number of carbonyl (C=O) groups is 1. The van der Waals surface area contributed by atoms with Gasteiger partial charge in [-0.2, -0.15) is 5.10 Å². The number of benzene rings is 1. The van der Waals surface area contributed by atoms with E-state index in [4.69, 9.17) is 9.57 Å². The summed E-state index contributed by atoms with van der Waals surface area (Å²) >= 11 is 0. The molecule has 0 aliphatic carbocycles. The maximum atomic E-state index is 12.6. The van der Waals surface area contributed by atoms with Gasteiger partial charge in [0.1, 0.15) is 5.75 Å². The third-order valence-electron chi connectivity index (χ3n) is 4.29. The van der Waals surface area contributed by atoms with Crippen molar-refractivity contribution in [3.05, 3.63) is 47.3 Å². The van der Waals surface area contributed by atoms with E-state index >= 15 is 0 Å². The van der Waals surface area contributed by atoms with Gasteiger partial charge < -0.3 is 14.9 Å². The van der Waals surface area contributed by atoms with E-state index in [1.54, 1.807) is 18.7 Å². The first-order valence-electron chi connectivity index (χ1n) is 8.09. The minimum absolute atomic E-state index is 0.208. The zero-order valence-electron chi connectivity index (χ0n) is 14.9. The predicted molar refractivity (Wildman–Crippen MR) is 93.4 cm³/mol. The molecule has 1 N–H and O–H groups in total. The average molecular weight is 342 g/mol. The summed E-state index contributed by atoms with van der Waals surface area (Å²) in [5.41, 5.74) is 2.34. The number of carbonyl (C=O) groups excluding carboxylic acids is 1. The van der Waals surface area contributed by atoms with Crippen molar-refractivity contribution < 1.29 is 14.4 Å². The number of oxime groups is 1. The third-order valence-corrected chi connectivity index (χ3v) is 4.29. The monoisotopic (exact) mass is 342 g/mol. The van der Waals surface area contributed by atoms with E-state index < -0.39 is 5.60 Å². The molecule has 0 spiro atoms. The molecule has 0 saturated heterocycles. The number of hydrogen-bond donors (Lipinski definition) is 1. The molecule has 1 aromatic heterocycles. The Hall–Kier alpha value is -2.83. The second kappa shape index (κ2) is 6.58. The highest BCUT2D eigenvalue weighted by Gasteiger charge is 2.42. The van der Waals surface area contributed by atoms with Gasteiger partial charge in [0.2, 0.25) is 5.60 Å². The lowest BCUT2D eigenvalue weighted by atomic mass is 9.94. The van der Waals surface area contributed by atoms with Crippen LogP contribution in [0.5, 0.6) is 5.75 Å². The number of aryl methyl sites for hydroxylation is 2. The Labute approximate surface area is 146 Å². The van der Waals surface area contributed by atoms with Gasteiger partial charge in [0.25, 0.3) is 5.91 Å². The molecule has 3 rings (SSSR count). The highest BCUT2D eigenvalue weighted by Crippen LogP contribution is 2.30. The Bertz CT molecular complexity index is 827. The van der Waals surface area contributed by atoms with Crippen LogP contribution in [-0.2, 0) is 23.2 Å². The Balaban J connectivity index is 1.67. The van der Waals surface area contributed by atoms with Crippen molar-refractivity contribution >= 4 is 11.6 Å². The standard InChI is InChI=1S/C18H22N4O3/c1-12-9-13(22(3)20-12)11-19-17(23)18(2)10-15(21-25-18)14-7-5-6-8-16(14)24-4/h5-9H,10-11H2,1-4H3,(H,19,23). The molecule has 2 aromatic rings. The number of nitrogens with zero attached hydrogens (tertiary/aromatic N) is 3. The summed E-state index contributed by atoms with van der Waals surface area (Å²) in [5, 5.41) is 11.3. The van der Waals surface area contributed by atoms with Crippen LogP contribution >= 0.6 is 0 Å². The molecule has 1 unspecified atom stereocenters. The van der Waals surface area contributed by atoms with Crippen molar-refractivity contribution in [2.24, 2.45) is 12.2 Å². The van der Waals surface area contributed by atoms with Gasteiger partial charge in [-0.05, 0) is 32.0 Å². The van der Waals surface area contributed by atoms with Crippen molar-refractivity contribution in [2.45, 2.75) is 32.4 Å². The van der Waals surface area contributed by atoms with E-state index in [0.29, 0.717) is 24.4 Å². The van der Waals surface area contributed by atoms with Gasteiger partial charge in [-0.15, -0.1) is 0 Å². The van der Waals surface area contributed by atoms with E-state index in [-0.39, 0.29) is 5.91 Å². The molecule has 1 aromatic carbocycles. The van der Waals surface area contributed by atoms with E-state index in [0.717, 1.165) is 17.0 Å². The summed E-state index contributed by atoms with van der Waals surface area (Å²) in [6, 6.07) is 9.50. The predicted octanol–water partition coefficient (Wildman–Crippen LogP) is 1.94. The van der Waals surface area contributed by atoms with Crippen LogP contribution in [0.3, 0.4) is 0 Å². The average Bonchev–Trinajstić information content (AvgIpc) is 3.15. The lowest BCUT2D eigenvalue weighted by Crippen LogP contribution is -2.44. The smallest absolute Gasteiger partial charge is 0.267 e. The molecule has 1 atom stereocenters. The Morgan fingerprint density at radius 1 is 1.44 bits per heavy atom. The highest BCUT2D eigenvalue weighted by molar-refractivity contribution is 6.07. The number of hydrogen-bond acceptors (Lipinski definition) is 5. The molecule has 25 heavy (non-hydrogen) atoms. The van der Waals surface area contributed by atoms with Gasteiger partial charge in [0.05, 0.1) is 30.8 Å². The van der Waals surface area contributed by atoms with Crippen LogP contribution in [0.25, 0.3) is 0 Å². The molecule has 7 heteroatoms. The summed E-state index contributed by atoms with van der Waals surface area (Å²) in [5.74, 6) is 0.500. The summed E-state index contributed by atoms with van der Waals surface area (Å²) in [7, 11) is 3.46. The van der Waals surface area contributed by atoms with Crippen LogP contribution in [0, 0.1) is 6.92 Å². The Morgan fingerprint density at radius 3 is 2.88 bits per heavy atom. The first kappa shape index (κ1) is 17.0. The number of para-hydroxylation sites is 1. The van der Waals surface area contributed by atoms with E-state index in [9.17, 15) is 4.79 Å². The lowest BCUT2D eigenvalue weighted by molar-refractivity contribution is -0.141. The summed E-state index contributed by atoms with van der Waals surface area (Å²) < 4.78 is 7.11. The normalized spacial score (nSPS) is 19.3. The van der Waals surface area contributed by atoms with Gasteiger partial charge in [-0.25, -0.2) is 0 Å². The second-order valence-corrected chi connectivity index (χ2v) is 6.32. The summed E-state index contributed by atoms with van der Waals surface area (Å²) in [6.07, 6.45) is 0.379. The molecule has 1 aliphatic rings. The molecule has 0 radical (unpaired) electrons. The molecule has 0 saturated carbocycles. The number of methoxy groups -OCH3 is 1. The van der Waals surface area contributed by atoms with Crippen molar-refractivity contribution in [1.29, 1.82) is 0 Å². The van der Waals surface area contributed by atoms with Gasteiger partial charge >= 0.3 is 0 Å². The first-order chi connectivity index (χ1) is 11.9. The van der Waals surface area contributed by atoms with Gasteiger partial charge in [0.15, 0.2) is 0 Å². The largest absolute Gasteiger partial charge is 0.496 e. The zero-order valence-corrected chi connectivity index (χ0v) is 14.9. The number of nitrogens with one attached hydrogen (secondary N) is 1. The minimum atomic E-state index is -1.04. The molecule has 1 aliphatic heterocycles. The van der Waals surface area contributed by atoms with Crippen LogP contribution < -0.4 is 10.1 Å². The second-order valence-electron chi connectivity index (χ2n) is 6.32. The fourth-order valence-corrected chi connectivity index (χ4v) is 2.88. The molecular weight excluding hydrogens is 320 g/mol. The summed E-state index contributed by atoms with van der Waals surface area (Å²) in [4.78, 5) is 18.1. The lowest BCUT2D eigenvalue weighted by Gasteiger charge is -2.20. The molecule has 2 heterocycles. The van der Waals surface area contributed by atoms with Gasteiger partial charge in [-0.1, -0.05) is 17.3 Å². The van der Waals surface area contributed by atoms with Crippen LogP contribution in [0.4, 0.5) is 0 Å². The van der Waals surface area contributed by atoms with Crippen molar-refractivity contribution in [3.8, 4) is 5.75 Å². The van der Waals surface area contributed by atoms with E-state index in [2.05, 4.69) is 15.6 Å². The maximum absolute atomic E-state index is 12.6. The van der Waals surface area contributed by atoms with E-state index in [1.165, 1.54) is 0 Å². The number of ether oxygens (including phenoxy) is 1. The highest BCUT2D eigenvalue weighted by atomic mass is 16.7. The third kappa shape index (κ3) is 3.35. The van der Waals surface area contributed by atoms with Crippen molar-refractivity contribution in [3.63, 3.8) is 0 Å². The van der Waals surface area contributed by atoms with Crippen molar-refractivity contribution in [2.75, 3.05) is 7.11 Å². The fraction of sp³-hybridized carbons (Fsp3) is 0.389. The molecule has 7 nitrogen and oxygen atoms in total. The number of amides is 1. The van der Waals surface area contributed by atoms with Gasteiger partial charge in [0, 0.05) is 19.0 Å². The van der Waals surface area contributed by atoms with Crippen LogP contribution in [-0.4, -0.2) is 34.1 Å². The number of aromatic nitrogens is 2. The SMILES string of the molecule is COc1ccccc1C1=NOC(C)(C(=O)NCc2cc(C)nn2C)C1. The number of rotatable bonds is 5. The van der Waals surface area contributed by atoms with Crippen LogP contribution in [0.15, 0.2) is 35.5 Å². The molecular formula is C18H22N4O3. The van der Waals surface area contributed by atoms with Crippen LogP contribution in [0.2, 0.25) is 0 Å². The van der Waals surface area contributed by atoms with Crippen LogP contribution in [0.1, 0.15) is 30.3 Å². The zero-order chi connectivity index (χ0) is 18.0. The molecule has 0 bridgehead atoms. The summed E-state index contributed by atoms with van der Waals surface area (Å²) in [6.45, 7) is 4.04.